The Labute approximate surface area is 128 Å². The Kier molecular flexibility index (Phi) is 5.24. The van der Waals surface area contributed by atoms with E-state index in [1.54, 1.807) is 23.1 Å². The van der Waals surface area contributed by atoms with Crippen LogP contribution in [0.2, 0.25) is 0 Å². The lowest BCUT2D eigenvalue weighted by Crippen LogP contribution is -2.44. The van der Waals surface area contributed by atoms with Gasteiger partial charge in [-0.3, -0.25) is 0 Å². The van der Waals surface area contributed by atoms with E-state index in [9.17, 15) is 5.26 Å². The van der Waals surface area contributed by atoms with E-state index in [4.69, 9.17) is 0 Å². The van der Waals surface area contributed by atoms with Gasteiger partial charge in [0.25, 0.3) is 0 Å². The fraction of sp³-hybridized carbons (Fsp3) is 0.769. The molecule has 0 aliphatic heterocycles. The molecule has 1 aliphatic rings. The van der Waals surface area contributed by atoms with Crippen LogP contribution in [0, 0.1) is 17.2 Å². The minimum absolute atomic E-state index is 0.309. The van der Waals surface area contributed by atoms with Crippen LogP contribution >= 0.6 is 23.1 Å². The molecule has 20 heavy (non-hydrogen) atoms. The van der Waals surface area contributed by atoms with Gasteiger partial charge in [0.2, 0.25) is 5.13 Å². The molecule has 0 saturated heterocycles. The summed E-state index contributed by atoms with van der Waals surface area (Å²) in [6.45, 7) is 0. The molecule has 0 radical (unpaired) electrons. The first-order valence-corrected chi connectivity index (χ1v) is 8.65. The first kappa shape index (κ1) is 15.5. The van der Waals surface area contributed by atoms with Gasteiger partial charge in [0, 0.05) is 19.8 Å². The Morgan fingerprint density at radius 1 is 1.55 bits per heavy atom. The standard InChI is InChI=1S/C13H21N5S2/c1-15-13(9-14)7-4-5-10(13)6-8-19-12-17-16-11(20-12)18(2)3/h10,15H,4-8H2,1-3H3. The minimum atomic E-state index is -0.309. The van der Waals surface area contributed by atoms with Crippen molar-refractivity contribution in [3.8, 4) is 6.07 Å². The predicted molar refractivity (Wildman–Crippen MR) is 84.3 cm³/mol. The maximum Gasteiger partial charge on any atom is 0.208 e. The molecule has 1 fully saturated rings. The molecule has 5 nitrogen and oxygen atoms in total. The lowest BCUT2D eigenvalue weighted by Gasteiger charge is -2.27. The third-order valence-electron chi connectivity index (χ3n) is 3.94. The molecular weight excluding hydrogens is 290 g/mol. The van der Waals surface area contributed by atoms with Crippen molar-refractivity contribution in [2.75, 3.05) is 31.8 Å². The number of nitriles is 1. The molecule has 1 saturated carbocycles. The minimum Gasteiger partial charge on any atom is -0.353 e. The Morgan fingerprint density at radius 3 is 2.95 bits per heavy atom. The molecule has 7 heteroatoms. The normalized spacial score (nSPS) is 25.6. The summed E-state index contributed by atoms with van der Waals surface area (Å²) in [6, 6.07) is 2.49. The highest BCUT2D eigenvalue weighted by atomic mass is 32.2. The van der Waals surface area contributed by atoms with Crippen LogP contribution in [-0.2, 0) is 0 Å². The van der Waals surface area contributed by atoms with Crippen LogP contribution in [0.5, 0.6) is 0 Å². The molecule has 110 valence electrons. The number of aromatic nitrogens is 2. The van der Waals surface area contributed by atoms with Crippen molar-refractivity contribution in [2.24, 2.45) is 5.92 Å². The van der Waals surface area contributed by atoms with Crippen molar-refractivity contribution < 1.29 is 0 Å². The van der Waals surface area contributed by atoms with Gasteiger partial charge in [-0.2, -0.15) is 5.26 Å². The number of nitrogens with zero attached hydrogens (tertiary/aromatic N) is 4. The lowest BCUT2D eigenvalue weighted by atomic mass is 9.87. The zero-order chi connectivity index (χ0) is 14.6. The van der Waals surface area contributed by atoms with Crippen molar-refractivity contribution in [3.63, 3.8) is 0 Å². The van der Waals surface area contributed by atoms with Crippen LogP contribution in [-0.4, -0.2) is 42.6 Å². The maximum absolute atomic E-state index is 9.42. The number of hydrogen-bond acceptors (Lipinski definition) is 7. The highest BCUT2D eigenvalue weighted by Crippen LogP contribution is 2.39. The molecule has 1 aromatic heterocycles. The highest BCUT2D eigenvalue weighted by Gasteiger charge is 2.41. The zero-order valence-corrected chi connectivity index (χ0v) is 13.9. The van der Waals surface area contributed by atoms with E-state index >= 15 is 0 Å². The molecular formula is C13H21N5S2. The van der Waals surface area contributed by atoms with E-state index in [1.165, 1.54) is 0 Å². The van der Waals surface area contributed by atoms with Gasteiger partial charge in [-0.05, 0) is 32.2 Å². The molecule has 0 amide bonds. The summed E-state index contributed by atoms with van der Waals surface area (Å²) in [5.41, 5.74) is -0.309. The van der Waals surface area contributed by atoms with Crippen molar-refractivity contribution in [2.45, 2.75) is 35.6 Å². The van der Waals surface area contributed by atoms with Gasteiger partial charge in [-0.15, -0.1) is 10.2 Å². The summed E-state index contributed by atoms with van der Waals surface area (Å²) >= 11 is 3.37. The van der Waals surface area contributed by atoms with Gasteiger partial charge in [0.1, 0.15) is 5.54 Å². The van der Waals surface area contributed by atoms with Crippen molar-refractivity contribution >= 4 is 28.2 Å². The zero-order valence-electron chi connectivity index (χ0n) is 12.2. The van der Waals surface area contributed by atoms with Crippen molar-refractivity contribution in [1.82, 2.24) is 15.5 Å². The van der Waals surface area contributed by atoms with E-state index in [2.05, 4.69) is 21.6 Å². The largest absolute Gasteiger partial charge is 0.353 e. The fourth-order valence-electron chi connectivity index (χ4n) is 2.73. The van der Waals surface area contributed by atoms with Crippen molar-refractivity contribution in [1.29, 1.82) is 5.26 Å². The van der Waals surface area contributed by atoms with Gasteiger partial charge in [0.15, 0.2) is 4.34 Å². The number of anilines is 1. The van der Waals surface area contributed by atoms with Gasteiger partial charge in [-0.1, -0.05) is 29.5 Å². The third-order valence-corrected chi connectivity index (χ3v) is 6.19. The monoisotopic (exact) mass is 311 g/mol. The van der Waals surface area contributed by atoms with Crippen molar-refractivity contribution in [3.05, 3.63) is 0 Å². The van der Waals surface area contributed by atoms with Gasteiger partial charge in [-0.25, -0.2) is 0 Å². The smallest absolute Gasteiger partial charge is 0.208 e. The summed E-state index contributed by atoms with van der Waals surface area (Å²) in [5.74, 6) is 1.45. The third kappa shape index (κ3) is 3.25. The molecule has 0 spiro atoms. The number of nitrogens with one attached hydrogen (secondary N) is 1. The number of hydrogen-bond donors (Lipinski definition) is 1. The molecule has 2 atom stereocenters. The second-order valence-corrected chi connectivity index (χ2v) is 7.60. The van der Waals surface area contributed by atoms with Crippen LogP contribution in [0.3, 0.4) is 0 Å². The Balaban J connectivity index is 1.85. The van der Waals surface area contributed by atoms with Gasteiger partial charge >= 0.3 is 0 Å². The lowest BCUT2D eigenvalue weighted by molar-refractivity contribution is 0.332. The molecule has 1 heterocycles. The topological polar surface area (TPSA) is 64.8 Å². The quantitative estimate of drug-likeness (QED) is 0.814. The first-order valence-electron chi connectivity index (χ1n) is 6.85. The SMILES string of the molecule is CNC1(C#N)CCCC1CCSc1nnc(N(C)C)s1. The predicted octanol–water partition coefficient (Wildman–Crippen LogP) is 2.37. The van der Waals surface area contributed by atoms with E-state index in [1.807, 2.05) is 26.0 Å². The second kappa shape index (κ2) is 6.74. The fourth-order valence-corrected chi connectivity index (χ4v) is 4.62. The van der Waals surface area contributed by atoms with Gasteiger partial charge < -0.3 is 10.2 Å². The molecule has 2 rings (SSSR count). The molecule has 1 aromatic rings. The summed E-state index contributed by atoms with van der Waals surface area (Å²) in [6.07, 6.45) is 4.32. The second-order valence-electron chi connectivity index (χ2n) is 5.30. The first-order chi connectivity index (χ1) is 9.61. The number of rotatable bonds is 6. The summed E-state index contributed by atoms with van der Waals surface area (Å²) < 4.78 is 1.01. The Bertz CT molecular complexity index is 481. The van der Waals surface area contributed by atoms with Crippen LogP contribution in [0.15, 0.2) is 4.34 Å². The molecule has 0 aromatic carbocycles. The van der Waals surface area contributed by atoms with Gasteiger partial charge in [0.05, 0.1) is 6.07 Å². The van der Waals surface area contributed by atoms with E-state index in [0.29, 0.717) is 5.92 Å². The molecule has 2 unspecified atom stereocenters. The molecule has 0 bridgehead atoms. The average molecular weight is 311 g/mol. The Morgan fingerprint density at radius 2 is 2.35 bits per heavy atom. The van der Waals surface area contributed by atoms with E-state index < -0.39 is 0 Å². The van der Waals surface area contributed by atoms with E-state index in [-0.39, 0.29) is 5.54 Å². The van der Waals surface area contributed by atoms with E-state index in [0.717, 1.165) is 40.9 Å². The molecule has 1 aliphatic carbocycles. The maximum atomic E-state index is 9.42. The average Bonchev–Trinajstić information content (AvgIpc) is 3.06. The summed E-state index contributed by atoms with van der Waals surface area (Å²) in [7, 11) is 5.85. The number of thioether (sulfide) groups is 1. The highest BCUT2D eigenvalue weighted by molar-refractivity contribution is 8.01. The van der Waals surface area contributed by atoms with Crippen LogP contribution in [0.4, 0.5) is 5.13 Å². The summed E-state index contributed by atoms with van der Waals surface area (Å²) in [4.78, 5) is 1.97. The van der Waals surface area contributed by atoms with Crippen LogP contribution < -0.4 is 10.2 Å². The Hall–Kier alpha value is -0.840. The van der Waals surface area contributed by atoms with Crippen LogP contribution in [0.25, 0.3) is 0 Å². The molecule has 1 N–H and O–H groups in total. The van der Waals surface area contributed by atoms with Crippen LogP contribution in [0.1, 0.15) is 25.7 Å². The summed E-state index contributed by atoms with van der Waals surface area (Å²) in [5, 5.41) is 21.9.